The minimum absolute atomic E-state index is 0.303. The van der Waals surface area contributed by atoms with Crippen molar-refractivity contribution >= 4 is 23.3 Å². The number of nitrogens with zero attached hydrogens (tertiary/aromatic N) is 1. The maximum absolute atomic E-state index is 12.3. The van der Waals surface area contributed by atoms with Gasteiger partial charge in [-0.3, -0.25) is 4.79 Å². The molecule has 0 radical (unpaired) electrons. The van der Waals surface area contributed by atoms with E-state index in [2.05, 4.69) is 36.3 Å². The first-order chi connectivity index (χ1) is 12.9. The van der Waals surface area contributed by atoms with E-state index < -0.39 is 0 Å². The monoisotopic (exact) mass is 380 g/mol. The predicted molar refractivity (Wildman–Crippen MR) is 109 cm³/mol. The first kappa shape index (κ1) is 18.9. The lowest BCUT2D eigenvalue weighted by atomic mass is 10.0. The molecule has 5 heteroatoms. The van der Waals surface area contributed by atoms with Crippen molar-refractivity contribution in [3.05, 3.63) is 82.5 Å². The largest absolute Gasteiger partial charge is 0.455 e. The molecule has 27 heavy (non-hydrogen) atoms. The Balaban J connectivity index is 1.72. The summed E-state index contributed by atoms with van der Waals surface area (Å²) in [6.45, 7) is 6.30. The molecule has 138 valence electrons. The minimum atomic E-state index is -0.303. The fourth-order valence-corrected chi connectivity index (χ4v) is 2.78. The minimum Gasteiger partial charge on any atom is -0.455 e. The van der Waals surface area contributed by atoms with Crippen molar-refractivity contribution in [2.45, 2.75) is 26.7 Å². The number of amides is 1. The molecule has 1 aromatic heterocycles. The van der Waals surface area contributed by atoms with Gasteiger partial charge in [0.2, 0.25) is 0 Å². The predicted octanol–water partition coefficient (Wildman–Crippen LogP) is 6.21. The van der Waals surface area contributed by atoms with Gasteiger partial charge in [0.05, 0.1) is 16.8 Å². The van der Waals surface area contributed by atoms with Gasteiger partial charge < -0.3 is 10.1 Å². The maximum atomic E-state index is 12.3. The van der Waals surface area contributed by atoms with Crippen molar-refractivity contribution in [2.75, 3.05) is 5.32 Å². The zero-order chi connectivity index (χ0) is 19.4. The van der Waals surface area contributed by atoms with E-state index >= 15 is 0 Å². The zero-order valence-electron chi connectivity index (χ0n) is 15.5. The molecule has 0 saturated carbocycles. The van der Waals surface area contributed by atoms with Gasteiger partial charge in [-0.15, -0.1) is 0 Å². The first-order valence-corrected chi connectivity index (χ1v) is 9.12. The lowest BCUT2D eigenvalue weighted by molar-refractivity contribution is 0.102. The van der Waals surface area contributed by atoms with Crippen molar-refractivity contribution in [3.63, 3.8) is 0 Å². The number of aryl methyl sites for hydroxylation is 1. The Bertz CT molecular complexity index is 953. The van der Waals surface area contributed by atoms with Gasteiger partial charge in [-0.1, -0.05) is 49.7 Å². The molecule has 0 bridgehead atoms. The van der Waals surface area contributed by atoms with Gasteiger partial charge in [-0.2, -0.15) is 0 Å². The molecule has 0 aliphatic heterocycles. The number of nitrogens with one attached hydrogen (secondary N) is 1. The van der Waals surface area contributed by atoms with E-state index in [-0.39, 0.29) is 5.91 Å². The lowest BCUT2D eigenvalue weighted by Crippen LogP contribution is -2.13. The van der Waals surface area contributed by atoms with Gasteiger partial charge >= 0.3 is 0 Å². The normalized spacial score (nSPS) is 10.7. The SMILES string of the molecule is Cc1ccc(C(C)C)cc1Oc1ccc(NC(=O)c2ccccc2Cl)nc1. The van der Waals surface area contributed by atoms with Crippen LogP contribution in [0.3, 0.4) is 0 Å². The Kier molecular flexibility index (Phi) is 5.77. The first-order valence-electron chi connectivity index (χ1n) is 8.74. The number of rotatable bonds is 5. The average Bonchev–Trinajstić information content (AvgIpc) is 2.65. The average molecular weight is 381 g/mol. The zero-order valence-corrected chi connectivity index (χ0v) is 16.2. The molecule has 0 spiro atoms. The maximum Gasteiger partial charge on any atom is 0.258 e. The van der Waals surface area contributed by atoms with Crippen molar-refractivity contribution < 1.29 is 9.53 Å². The second kappa shape index (κ2) is 8.23. The molecule has 1 N–H and O–H groups in total. The third kappa shape index (κ3) is 4.66. The molecule has 0 fully saturated rings. The van der Waals surface area contributed by atoms with Crippen LogP contribution in [0.15, 0.2) is 60.8 Å². The van der Waals surface area contributed by atoms with Gasteiger partial charge in [0.25, 0.3) is 5.91 Å². The van der Waals surface area contributed by atoms with E-state index in [9.17, 15) is 4.79 Å². The highest BCUT2D eigenvalue weighted by molar-refractivity contribution is 6.34. The standard InChI is InChI=1S/C22H21ClN2O2/c1-14(2)16-9-8-15(3)20(12-16)27-17-10-11-21(24-13-17)25-22(26)18-6-4-5-7-19(18)23/h4-14H,1-3H3,(H,24,25,26). The summed E-state index contributed by atoms with van der Waals surface area (Å²) in [5, 5.41) is 3.13. The number of pyridine rings is 1. The summed E-state index contributed by atoms with van der Waals surface area (Å²) in [4.78, 5) is 16.5. The highest BCUT2D eigenvalue weighted by Gasteiger charge is 2.11. The van der Waals surface area contributed by atoms with Crippen LogP contribution < -0.4 is 10.1 Å². The van der Waals surface area contributed by atoms with Crippen LogP contribution in [0.25, 0.3) is 0 Å². The fourth-order valence-electron chi connectivity index (χ4n) is 2.56. The Morgan fingerprint density at radius 1 is 1.11 bits per heavy atom. The Morgan fingerprint density at radius 2 is 1.89 bits per heavy atom. The molecule has 3 aromatic rings. The number of ether oxygens (including phenoxy) is 1. The summed E-state index contributed by atoms with van der Waals surface area (Å²) < 4.78 is 5.97. The summed E-state index contributed by atoms with van der Waals surface area (Å²) >= 11 is 6.05. The topological polar surface area (TPSA) is 51.2 Å². The van der Waals surface area contributed by atoms with E-state index in [1.165, 1.54) is 5.56 Å². The third-order valence-corrected chi connectivity index (χ3v) is 4.53. The molecule has 0 saturated heterocycles. The number of aromatic nitrogens is 1. The fraction of sp³-hybridized carbons (Fsp3) is 0.182. The summed E-state index contributed by atoms with van der Waals surface area (Å²) in [6.07, 6.45) is 1.59. The molecule has 0 aliphatic carbocycles. The molecule has 4 nitrogen and oxygen atoms in total. The van der Waals surface area contributed by atoms with Crippen LogP contribution in [0.5, 0.6) is 11.5 Å². The van der Waals surface area contributed by atoms with Crippen LogP contribution in [-0.4, -0.2) is 10.9 Å². The molecule has 3 rings (SSSR count). The smallest absolute Gasteiger partial charge is 0.258 e. The second-order valence-electron chi connectivity index (χ2n) is 6.59. The summed E-state index contributed by atoms with van der Waals surface area (Å²) in [6, 6.07) is 16.6. The highest BCUT2D eigenvalue weighted by Crippen LogP contribution is 2.29. The van der Waals surface area contributed by atoms with Crippen LogP contribution in [0.2, 0.25) is 5.02 Å². The van der Waals surface area contributed by atoms with Crippen molar-refractivity contribution in [3.8, 4) is 11.5 Å². The Labute approximate surface area is 164 Å². The van der Waals surface area contributed by atoms with E-state index in [4.69, 9.17) is 16.3 Å². The molecular weight excluding hydrogens is 360 g/mol. The van der Waals surface area contributed by atoms with Crippen LogP contribution in [0.1, 0.15) is 41.3 Å². The van der Waals surface area contributed by atoms with Crippen LogP contribution >= 0.6 is 11.6 Å². The Morgan fingerprint density at radius 3 is 2.56 bits per heavy atom. The van der Waals surface area contributed by atoms with Gasteiger partial charge in [-0.25, -0.2) is 4.98 Å². The van der Waals surface area contributed by atoms with Gasteiger partial charge in [0, 0.05) is 0 Å². The number of hydrogen-bond acceptors (Lipinski definition) is 3. The van der Waals surface area contributed by atoms with Gasteiger partial charge in [-0.05, 0) is 54.3 Å². The molecule has 0 aliphatic rings. The summed E-state index contributed by atoms with van der Waals surface area (Å²) in [7, 11) is 0. The number of hydrogen-bond donors (Lipinski definition) is 1. The quantitative estimate of drug-likeness (QED) is 0.572. The number of halogens is 1. The Hall–Kier alpha value is -2.85. The molecule has 1 heterocycles. The lowest BCUT2D eigenvalue weighted by Gasteiger charge is -2.13. The number of benzene rings is 2. The molecule has 0 unspecified atom stereocenters. The van der Waals surface area contributed by atoms with E-state index in [0.29, 0.717) is 28.1 Å². The number of carbonyl (C=O) groups is 1. The highest BCUT2D eigenvalue weighted by atomic mass is 35.5. The van der Waals surface area contributed by atoms with Crippen molar-refractivity contribution in [1.29, 1.82) is 0 Å². The molecule has 0 atom stereocenters. The van der Waals surface area contributed by atoms with Crippen LogP contribution in [0, 0.1) is 6.92 Å². The van der Waals surface area contributed by atoms with Crippen LogP contribution in [-0.2, 0) is 0 Å². The molecular formula is C22H21ClN2O2. The van der Waals surface area contributed by atoms with Gasteiger partial charge in [0.1, 0.15) is 17.3 Å². The third-order valence-electron chi connectivity index (χ3n) is 4.20. The summed E-state index contributed by atoms with van der Waals surface area (Å²) in [5.74, 6) is 1.96. The van der Waals surface area contributed by atoms with E-state index in [0.717, 1.165) is 11.3 Å². The van der Waals surface area contributed by atoms with E-state index in [1.807, 2.05) is 13.0 Å². The number of anilines is 1. The van der Waals surface area contributed by atoms with Gasteiger partial charge in [0.15, 0.2) is 0 Å². The van der Waals surface area contributed by atoms with Crippen LogP contribution in [0.4, 0.5) is 5.82 Å². The van der Waals surface area contributed by atoms with Crippen molar-refractivity contribution in [1.82, 2.24) is 4.98 Å². The molecule has 1 amide bonds. The number of carbonyl (C=O) groups excluding carboxylic acids is 1. The second-order valence-corrected chi connectivity index (χ2v) is 7.00. The molecule has 2 aromatic carbocycles. The van der Waals surface area contributed by atoms with Crippen molar-refractivity contribution in [2.24, 2.45) is 0 Å². The van der Waals surface area contributed by atoms with E-state index in [1.54, 1.807) is 42.6 Å². The summed E-state index contributed by atoms with van der Waals surface area (Å²) in [5.41, 5.74) is 2.67.